The summed E-state index contributed by atoms with van der Waals surface area (Å²) in [6.45, 7) is 4.12. The molecule has 0 bridgehead atoms. The van der Waals surface area contributed by atoms with Gasteiger partial charge >= 0.3 is 0 Å². The van der Waals surface area contributed by atoms with Crippen LogP contribution in [0, 0.1) is 6.92 Å². The Morgan fingerprint density at radius 3 is 2.62 bits per heavy atom. The van der Waals surface area contributed by atoms with Crippen molar-refractivity contribution in [1.82, 2.24) is 0 Å². The van der Waals surface area contributed by atoms with Crippen LogP contribution in [0.25, 0.3) is 0 Å². The number of sulfonamides is 1. The normalized spacial score (nSPS) is 21.1. The van der Waals surface area contributed by atoms with Crippen LogP contribution in [0.1, 0.15) is 44.6 Å². The van der Waals surface area contributed by atoms with Crippen LogP contribution in [0.15, 0.2) is 55.6 Å². The summed E-state index contributed by atoms with van der Waals surface area (Å²) in [5.74, 6) is -0.468. The predicted molar refractivity (Wildman–Crippen MR) is 102 cm³/mol. The van der Waals surface area contributed by atoms with E-state index < -0.39 is 16.0 Å². The molecule has 1 aliphatic carbocycles. The molecule has 0 aromatic heterocycles. The van der Waals surface area contributed by atoms with E-state index >= 15 is 0 Å². The average molecular weight is 393 g/mol. The molecule has 3 rings (SSSR count). The van der Waals surface area contributed by atoms with Gasteiger partial charge in [0.25, 0.3) is 10.0 Å². The molecule has 140 valence electrons. The highest BCUT2D eigenvalue weighted by Gasteiger charge is 2.31. The van der Waals surface area contributed by atoms with Crippen molar-refractivity contribution < 1.29 is 18.3 Å². The van der Waals surface area contributed by atoms with Crippen LogP contribution in [0.5, 0.6) is 0 Å². The van der Waals surface area contributed by atoms with E-state index in [1.807, 2.05) is 13.8 Å². The van der Waals surface area contributed by atoms with Crippen molar-refractivity contribution in [3.05, 3.63) is 51.8 Å². The minimum absolute atomic E-state index is 0.127. The molecule has 0 saturated heterocycles. The van der Waals surface area contributed by atoms with Gasteiger partial charge in [0.15, 0.2) is 0 Å². The molecule has 0 unspecified atom stereocenters. The van der Waals surface area contributed by atoms with E-state index in [2.05, 4.69) is 4.40 Å². The van der Waals surface area contributed by atoms with E-state index in [1.165, 1.54) is 23.9 Å². The summed E-state index contributed by atoms with van der Waals surface area (Å²) in [4.78, 5) is 1.18. The van der Waals surface area contributed by atoms with Crippen molar-refractivity contribution in [2.24, 2.45) is 4.40 Å². The number of hydrogen-bond donors (Lipinski definition) is 0. The summed E-state index contributed by atoms with van der Waals surface area (Å²) >= 11 is 1.30. The predicted octanol–water partition coefficient (Wildman–Crippen LogP) is 3.66. The zero-order valence-corrected chi connectivity index (χ0v) is 16.6. The molecule has 0 fully saturated rings. The van der Waals surface area contributed by atoms with Crippen molar-refractivity contribution >= 4 is 26.8 Å². The Balaban J connectivity index is 2.02. The fourth-order valence-corrected chi connectivity index (χ4v) is 5.42. The molecule has 1 aliphatic heterocycles. The zero-order chi connectivity index (χ0) is 18.7. The summed E-state index contributed by atoms with van der Waals surface area (Å²) < 4.78 is 34.7. The lowest BCUT2D eigenvalue weighted by atomic mass is 9.94. The third-order valence-electron chi connectivity index (χ3n) is 4.32. The Labute approximate surface area is 158 Å². The van der Waals surface area contributed by atoms with Crippen molar-refractivity contribution in [3.8, 4) is 0 Å². The van der Waals surface area contributed by atoms with Crippen molar-refractivity contribution in [2.75, 3.05) is 6.61 Å². The third-order valence-corrected chi connectivity index (χ3v) is 6.91. The molecule has 0 radical (unpaired) electrons. The van der Waals surface area contributed by atoms with E-state index in [0.29, 0.717) is 18.6 Å². The first-order valence-corrected chi connectivity index (χ1v) is 11.0. The van der Waals surface area contributed by atoms with Crippen LogP contribution < -0.4 is 5.11 Å². The van der Waals surface area contributed by atoms with Crippen molar-refractivity contribution in [2.45, 2.75) is 50.8 Å². The van der Waals surface area contributed by atoms with Crippen LogP contribution in [0.4, 0.5) is 0 Å². The molecule has 0 spiro atoms. The second kappa shape index (κ2) is 7.88. The van der Waals surface area contributed by atoms with E-state index in [0.717, 1.165) is 41.7 Å². The van der Waals surface area contributed by atoms with E-state index in [9.17, 15) is 13.5 Å². The molecule has 7 heteroatoms. The first-order valence-electron chi connectivity index (χ1n) is 8.78. The summed E-state index contributed by atoms with van der Waals surface area (Å²) in [5, 5.41) is 12.8. The Hall–Kier alpha value is -1.73. The smallest absolute Gasteiger partial charge is 0.283 e. The summed E-state index contributed by atoms with van der Waals surface area (Å²) in [5.41, 5.74) is 2.23. The maximum Gasteiger partial charge on any atom is 0.283 e. The lowest BCUT2D eigenvalue weighted by molar-refractivity contribution is -0.358. The molecule has 0 saturated carbocycles. The topological polar surface area (TPSA) is 78.8 Å². The van der Waals surface area contributed by atoms with Crippen LogP contribution >= 0.6 is 11.8 Å². The maximum absolute atomic E-state index is 12.7. The molecular weight excluding hydrogens is 370 g/mol. The van der Waals surface area contributed by atoms with Gasteiger partial charge < -0.3 is 9.84 Å². The standard InChI is InChI=1S/C19H23NO4S2/c1-3-12-24-19(21)17-15-6-4-5-7-16(15)25-18(17)20-26(22,23)14-10-8-13(2)9-11-14/h8-11,21H,3-7,12H2,1-2H3/p-1. The fraction of sp³-hybridized carbons (Fsp3) is 0.421. The largest absolute Gasteiger partial charge is 0.613 e. The molecule has 5 nitrogen and oxygen atoms in total. The van der Waals surface area contributed by atoms with Crippen LogP contribution in [-0.4, -0.2) is 20.1 Å². The highest BCUT2D eigenvalue weighted by atomic mass is 32.2. The monoisotopic (exact) mass is 392 g/mol. The number of ether oxygens (including phenoxy) is 1. The molecule has 0 amide bonds. The molecule has 0 atom stereocenters. The Kier molecular flexibility index (Phi) is 5.77. The number of thioether (sulfide) groups is 1. The summed E-state index contributed by atoms with van der Waals surface area (Å²) in [7, 11) is -3.88. The first-order chi connectivity index (χ1) is 12.4. The number of hydrogen-bond acceptors (Lipinski definition) is 5. The van der Waals surface area contributed by atoms with Gasteiger partial charge in [-0.15, -0.1) is 0 Å². The lowest BCUT2D eigenvalue weighted by Crippen LogP contribution is -2.16. The van der Waals surface area contributed by atoms with Gasteiger partial charge in [-0.3, -0.25) is 0 Å². The van der Waals surface area contributed by atoms with Crippen LogP contribution in [0.3, 0.4) is 0 Å². The Morgan fingerprint density at radius 2 is 1.92 bits per heavy atom. The molecule has 1 aromatic carbocycles. The van der Waals surface area contributed by atoms with E-state index in [4.69, 9.17) is 4.74 Å². The summed E-state index contributed by atoms with van der Waals surface area (Å²) in [6.07, 6.45) is 4.37. The lowest BCUT2D eigenvalue weighted by Gasteiger charge is -2.20. The second-order valence-corrected chi connectivity index (χ2v) is 9.09. The van der Waals surface area contributed by atoms with Gasteiger partial charge in [0.05, 0.1) is 10.8 Å². The number of nitrogens with zero attached hydrogens (tertiary/aromatic N) is 1. The van der Waals surface area contributed by atoms with Gasteiger partial charge in [-0.1, -0.05) is 36.4 Å². The van der Waals surface area contributed by atoms with E-state index in [1.54, 1.807) is 12.1 Å². The first kappa shape index (κ1) is 19.0. The molecule has 26 heavy (non-hydrogen) atoms. The number of benzene rings is 1. The molecule has 0 N–H and O–H groups in total. The number of aryl methyl sites for hydroxylation is 1. The number of rotatable bonds is 5. The number of allylic oxidation sites excluding steroid dienone is 2. The van der Waals surface area contributed by atoms with Gasteiger partial charge in [-0.25, -0.2) is 0 Å². The quantitative estimate of drug-likeness (QED) is 0.715. The third kappa shape index (κ3) is 3.99. The molecular formula is C19H22NO4S2-. The van der Waals surface area contributed by atoms with E-state index in [-0.39, 0.29) is 9.94 Å². The summed E-state index contributed by atoms with van der Waals surface area (Å²) in [6, 6.07) is 6.55. The van der Waals surface area contributed by atoms with Crippen molar-refractivity contribution in [3.63, 3.8) is 0 Å². The Bertz CT molecular complexity index is 881. The van der Waals surface area contributed by atoms with Gasteiger partial charge in [0, 0.05) is 5.57 Å². The van der Waals surface area contributed by atoms with Gasteiger partial charge in [-0.05, 0) is 68.2 Å². The fourth-order valence-electron chi connectivity index (χ4n) is 2.97. The maximum atomic E-state index is 12.7. The molecule has 1 aromatic rings. The molecule has 2 aliphatic rings. The van der Waals surface area contributed by atoms with Gasteiger partial charge in [-0.2, -0.15) is 12.8 Å². The second-order valence-electron chi connectivity index (χ2n) is 6.41. The van der Waals surface area contributed by atoms with Crippen molar-refractivity contribution in [1.29, 1.82) is 0 Å². The zero-order valence-electron chi connectivity index (χ0n) is 14.9. The molecule has 1 heterocycles. The highest BCUT2D eigenvalue weighted by molar-refractivity contribution is 8.18. The minimum Gasteiger partial charge on any atom is -0.613 e. The van der Waals surface area contributed by atoms with Crippen LogP contribution in [-0.2, 0) is 14.8 Å². The Morgan fingerprint density at radius 1 is 1.23 bits per heavy atom. The average Bonchev–Trinajstić information content (AvgIpc) is 2.97. The van der Waals surface area contributed by atoms with Gasteiger partial charge in [0.1, 0.15) is 5.04 Å². The van der Waals surface area contributed by atoms with Crippen LogP contribution in [0.2, 0.25) is 0 Å². The SMILES string of the molecule is CCCOC([O-])=C1C(=NS(=O)(=O)c2ccc(C)cc2)SC2=C1CCCC2. The minimum atomic E-state index is -3.88. The highest BCUT2D eigenvalue weighted by Crippen LogP contribution is 2.46. The van der Waals surface area contributed by atoms with Gasteiger partial charge in [0.2, 0.25) is 0 Å².